The average molecular weight is 1020 g/mol. The summed E-state index contributed by atoms with van der Waals surface area (Å²) >= 11 is 0. The maximum atomic E-state index is 10.4. The maximum Gasteiger partial charge on any atom is 0.252 e. The number of aliphatic hydroxyl groups excluding tert-OH is 6. The van der Waals surface area contributed by atoms with Gasteiger partial charge in [0, 0.05) is 118 Å². The molecule has 0 aliphatic heterocycles. The first-order valence-corrected chi connectivity index (χ1v) is 19.5. The Hall–Kier alpha value is -6.73. The van der Waals surface area contributed by atoms with Crippen LogP contribution in [0.1, 0.15) is 19.3 Å². The third-order valence-electron chi connectivity index (χ3n) is 6.47. The van der Waals surface area contributed by atoms with E-state index in [1.807, 2.05) is 0 Å². The number of carboxylic acid groups (broad SMARTS) is 9. The summed E-state index contributed by atoms with van der Waals surface area (Å²) in [6.45, 7) is -0.575. The summed E-state index contributed by atoms with van der Waals surface area (Å²) in [6, 6.07) is 0. The molecule has 0 aliphatic rings. The number of imide groups is 1. The number of nitrogens with zero attached hydrogens (tertiary/aromatic N) is 4. The van der Waals surface area contributed by atoms with E-state index in [2.05, 4.69) is 28.4 Å². The van der Waals surface area contributed by atoms with E-state index in [9.17, 15) is 89.1 Å². The lowest BCUT2D eigenvalue weighted by molar-refractivity contribution is -0.295. The molecule has 0 radical (unpaired) electrons. The van der Waals surface area contributed by atoms with Crippen molar-refractivity contribution in [3.63, 3.8) is 0 Å². The van der Waals surface area contributed by atoms with Crippen molar-refractivity contribution < 1.29 is 148 Å². The van der Waals surface area contributed by atoms with Gasteiger partial charge in [-0.15, -0.1) is 0 Å². The summed E-state index contributed by atoms with van der Waals surface area (Å²) in [6.07, 6.45) is -13.6. The van der Waals surface area contributed by atoms with E-state index in [-0.39, 0.29) is 97.1 Å². The highest BCUT2D eigenvalue weighted by Crippen LogP contribution is 1.93. The highest BCUT2D eigenvalue weighted by molar-refractivity contribution is 5.83. The predicted molar refractivity (Wildman–Crippen MR) is 201 cm³/mol. The third kappa shape index (κ3) is 70.5. The van der Waals surface area contributed by atoms with Crippen molar-refractivity contribution in [3.8, 4) is 0 Å². The molecule has 0 saturated heterocycles. The zero-order chi connectivity index (χ0) is 54.4. The molecule has 0 fully saturated rings. The minimum absolute atomic E-state index is 0.0694. The van der Waals surface area contributed by atoms with Gasteiger partial charge in [-0.1, -0.05) is 0 Å². The smallest absolute Gasteiger partial charge is 0.252 e. The molecule has 0 aliphatic carbocycles. The molecule has 408 valence electrons. The van der Waals surface area contributed by atoms with Crippen LogP contribution in [-0.2, 0) is 28.4 Å². The average Bonchev–Trinajstić information content (AvgIpc) is 3.25. The second kappa shape index (κ2) is 55.6. The van der Waals surface area contributed by atoms with E-state index in [0.29, 0.717) is 31.1 Å². The first-order valence-electron chi connectivity index (χ1n) is 19.5. The second-order valence-corrected chi connectivity index (χ2v) is 11.4. The topological polar surface area (TPSA) is 577 Å². The molecule has 0 rings (SSSR count). The first-order chi connectivity index (χ1) is 32.5. The number of rotatable bonds is 29. The van der Waals surface area contributed by atoms with Gasteiger partial charge < -0.3 is 164 Å². The van der Waals surface area contributed by atoms with Crippen molar-refractivity contribution in [2.75, 3.05) is 145 Å². The van der Waals surface area contributed by atoms with Gasteiger partial charge in [0.2, 0.25) is 0 Å². The minimum Gasteiger partial charge on any atom is -0.548 e. The SMILES string of the molecule is NCCO.O=C([O-])OCCN(C(=O)[O-])C(=O)[O-].O=C([O-])OCCN(CCOC(=O)[O-])C(=O)[O-].O=C([O-])OCCN(CCOC(=O)[O-])CCOC(=O)[O-].OCCCCCO.OCCN(CCO)CCO. The van der Waals surface area contributed by atoms with Crippen LogP contribution in [0.5, 0.6) is 0 Å². The number of carbonyl (C=O) groups is 9. The Morgan fingerprint density at radius 3 is 0.783 bits per heavy atom. The van der Waals surface area contributed by atoms with Crippen LogP contribution in [0.25, 0.3) is 0 Å². The molecule has 0 unspecified atom stereocenters. The summed E-state index contributed by atoms with van der Waals surface area (Å²) in [5.74, 6) is 0. The van der Waals surface area contributed by atoms with Crippen LogP contribution < -0.4 is 51.7 Å². The quantitative estimate of drug-likeness (QED) is 0.0208. The Balaban J connectivity index is -0.000000182. The monoisotopic (exact) mass is 1020 g/mol. The van der Waals surface area contributed by atoms with Crippen LogP contribution in [0.3, 0.4) is 0 Å². The Morgan fingerprint density at radius 1 is 0.333 bits per heavy atom. The van der Waals surface area contributed by atoms with Gasteiger partial charge >= 0.3 is 0 Å². The van der Waals surface area contributed by atoms with E-state index in [1.54, 1.807) is 4.90 Å². The molecule has 35 nitrogen and oxygen atoms in total. The van der Waals surface area contributed by atoms with E-state index in [4.69, 9.17) is 36.4 Å². The summed E-state index contributed by atoms with van der Waals surface area (Å²) in [7, 11) is 0. The molecule has 69 heavy (non-hydrogen) atoms. The number of ether oxygens (including phenoxy) is 6. The van der Waals surface area contributed by atoms with Gasteiger partial charge in [-0.3, -0.25) is 9.80 Å². The van der Waals surface area contributed by atoms with Crippen molar-refractivity contribution in [2.24, 2.45) is 5.73 Å². The van der Waals surface area contributed by atoms with Crippen molar-refractivity contribution in [1.29, 1.82) is 0 Å². The van der Waals surface area contributed by atoms with Gasteiger partial charge in [0.05, 0.1) is 26.4 Å². The van der Waals surface area contributed by atoms with E-state index in [0.717, 1.165) is 19.3 Å². The van der Waals surface area contributed by atoms with Gasteiger partial charge in [0.1, 0.15) is 18.3 Å². The van der Waals surface area contributed by atoms with Crippen molar-refractivity contribution in [3.05, 3.63) is 0 Å². The highest BCUT2D eigenvalue weighted by atomic mass is 16.7. The molecule has 35 heteroatoms. The van der Waals surface area contributed by atoms with Gasteiger partial charge in [-0.2, -0.15) is 0 Å². The van der Waals surface area contributed by atoms with Crippen LogP contribution in [0, 0.1) is 0 Å². The molecule has 0 heterocycles. The van der Waals surface area contributed by atoms with Crippen LogP contribution in [0.4, 0.5) is 43.2 Å². The number of aliphatic hydroxyl groups is 6. The predicted octanol–water partition coefficient (Wildman–Crippen LogP) is -13.6. The number of hydrogen-bond acceptors (Lipinski definition) is 33. The number of unbranched alkanes of at least 4 members (excludes halogenated alkanes) is 2. The zero-order valence-electron chi connectivity index (χ0n) is 37.0. The molecule has 0 spiro atoms. The normalized spacial score (nSPS) is 9.52. The fraction of sp³-hybridized carbons (Fsp3) is 0.735. The standard InChI is InChI=1S/C9H15NO9.C7H11NO8.C6H15NO3.C5H7NO7.C5H12O2.C2H7NO/c11-7(12)17-4-1-10(2-5-18-8(13)14)3-6-19-9(15)16;9-5(10)8(1-3-15-6(11)12)2-4-16-7(13)14;8-4-1-7(2-5-9)3-6-10;7-3(8)6(4(9)10)1-2-13-5(11)12;6-4-2-1-3-5-7;3-1-2-4/h1-6H2,(H,11,12)(H,13,14)(H,15,16);1-4H2,(H,9,10)(H,11,12)(H,13,14);8-10H,1-6H2;1-2H2,(H,7,8)(H,9,10)(H,11,12);6-7H,1-5H2;4H,1-3H2/p-9. The Morgan fingerprint density at radius 2 is 0.580 bits per heavy atom. The molecule has 0 aromatic carbocycles. The number of carbonyl (C=O) groups excluding carboxylic acids is 9. The Labute approximate surface area is 392 Å². The number of nitrogens with two attached hydrogens (primary N) is 1. The Kier molecular flexibility index (Phi) is 59.5. The first kappa shape index (κ1) is 73.8. The molecule has 0 aromatic rings. The second-order valence-electron chi connectivity index (χ2n) is 11.4. The Bertz CT molecular complexity index is 1230. The lowest BCUT2D eigenvalue weighted by Gasteiger charge is -2.26. The van der Waals surface area contributed by atoms with Crippen LogP contribution in [0.2, 0.25) is 0 Å². The molecular formula is C34H58N5O30-9. The van der Waals surface area contributed by atoms with Gasteiger partial charge in [-0.05, 0) is 19.3 Å². The fourth-order valence-electron chi connectivity index (χ4n) is 3.52. The zero-order valence-corrected chi connectivity index (χ0v) is 37.0. The number of amides is 3. The molecule has 3 amide bonds. The molecule has 0 bridgehead atoms. The van der Waals surface area contributed by atoms with E-state index < -0.39 is 81.6 Å². The van der Waals surface area contributed by atoms with Crippen LogP contribution in [-0.4, -0.2) is 250 Å². The van der Waals surface area contributed by atoms with E-state index in [1.165, 1.54) is 4.90 Å². The van der Waals surface area contributed by atoms with Gasteiger partial charge in [0.25, 0.3) is 36.9 Å². The van der Waals surface area contributed by atoms with E-state index >= 15 is 0 Å². The summed E-state index contributed by atoms with van der Waals surface area (Å²) in [5, 5.41) is 139. The lowest BCUT2D eigenvalue weighted by atomic mass is 10.2. The molecular weight excluding hydrogens is 958 g/mol. The van der Waals surface area contributed by atoms with Crippen molar-refractivity contribution >= 4 is 55.2 Å². The number of hydrogen-bond donors (Lipinski definition) is 7. The van der Waals surface area contributed by atoms with Gasteiger partial charge in [-0.25, -0.2) is 0 Å². The molecule has 0 atom stereocenters. The minimum atomic E-state index is -2.01. The highest BCUT2D eigenvalue weighted by Gasteiger charge is 2.06. The molecule has 0 saturated carbocycles. The van der Waals surface area contributed by atoms with Crippen molar-refractivity contribution in [2.45, 2.75) is 19.3 Å². The largest absolute Gasteiger partial charge is 0.548 e. The fourth-order valence-corrected chi connectivity index (χ4v) is 3.52. The summed E-state index contributed by atoms with van der Waals surface area (Å²) in [4.78, 5) is 93.4. The van der Waals surface area contributed by atoms with Crippen LogP contribution >= 0.6 is 0 Å². The third-order valence-corrected chi connectivity index (χ3v) is 6.47. The summed E-state index contributed by atoms with van der Waals surface area (Å²) < 4.78 is 24.1. The van der Waals surface area contributed by atoms with Crippen LogP contribution in [0.15, 0.2) is 0 Å². The molecule has 0 aromatic heterocycles. The lowest BCUT2D eigenvalue weighted by Crippen LogP contribution is -2.52. The van der Waals surface area contributed by atoms with Gasteiger partial charge in [0.15, 0.2) is 0 Å². The summed E-state index contributed by atoms with van der Waals surface area (Å²) in [5.41, 5.74) is 4.78. The van der Waals surface area contributed by atoms with Crippen molar-refractivity contribution in [1.82, 2.24) is 19.6 Å². The maximum absolute atomic E-state index is 10.4. The molecule has 8 N–H and O–H groups in total.